The zero-order valence-electron chi connectivity index (χ0n) is 19.8. The van der Waals surface area contributed by atoms with Gasteiger partial charge in [0.2, 0.25) is 0 Å². The highest BCUT2D eigenvalue weighted by atomic mass is 35.5. The van der Waals surface area contributed by atoms with E-state index in [0.717, 1.165) is 22.6 Å². The number of benzene rings is 3. The van der Waals surface area contributed by atoms with E-state index in [-0.39, 0.29) is 17.1 Å². The second-order valence-electron chi connectivity index (χ2n) is 8.91. The zero-order chi connectivity index (χ0) is 24.8. The molecule has 0 radical (unpaired) electrons. The molecule has 0 bridgehead atoms. The van der Waals surface area contributed by atoms with Crippen molar-refractivity contribution in [2.45, 2.75) is 31.3 Å². The van der Waals surface area contributed by atoms with E-state index in [4.69, 9.17) is 11.6 Å². The maximum Gasteiger partial charge on any atom is 0.250 e. The van der Waals surface area contributed by atoms with Gasteiger partial charge in [0, 0.05) is 21.8 Å². The lowest BCUT2D eigenvalue weighted by Crippen LogP contribution is -2.20. The fraction of sp³-hybridized carbons (Fsp3) is 0.185. The smallest absolute Gasteiger partial charge is 0.250 e. The standard InChI is InChI=1S/C27H26ClN5OS/c1-27(2,3)21-15-13-19(14-16-21)25-31-32-26(33(25)22-10-5-4-6-11-22)35-18-24(34)30-29-17-20-9-7-8-12-23(20)28/h4-17H,18H2,1-3H3,(H,30,34)/b29-17-. The Kier molecular flexibility index (Phi) is 7.68. The highest BCUT2D eigenvalue weighted by Crippen LogP contribution is 2.30. The Morgan fingerprint density at radius 2 is 1.69 bits per heavy atom. The van der Waals surface area contributed by atoms with Gasteiger partial charge in [-0.25, -0.2) is 5.43 Å². The van der Waals surface area contributed by atoms with Crippen molar-refractivity contribution in [3.8, 4) is 17.1 Å². The van der Waals surface area contributed by atoms with E-state index in [1.807, 2.05) is 53.1 Å². The van der Waals surface area contributed by atoms with Crippen LogP contribution in [0.3, 0.4) is 0 Å². The van der Waals surface area contributed by atoms with Crippen LogP contribution in [0.4, 0.5) is 0 Å². The molecule has 0 unspecified atom stereocenters. The first-order chi connectivity index (χ1) is 16.8. The summed E-state index contributed by atoms with van der Waals surface area (Å²) in [4.78, 5) is 12.4. The number of carbonyl (C=O) groups is 1. The molecule has 1 amide bonds. The number of nitrogens with one attached hydrogen (secondary N) is 1. The average Bonchev–Trinajstić information content (AvgIpc) is 3.28. The highest BCUT2D eigenvalue weighted by Gasteiger charge is 2.19. The second-order valence-corrected chi connectivity index (χ2v) is 10.3. The summed E-state index contributed by atoms with van der Waals surface area (Å²) in [6.07, 6.45) is 1.52. The number of para-hydroxylation sites is 1. The number of hydrazone groups is 1. The van der Waals surface area contributed by atoms with Crippen LogP contribution in [-0.2, 0) is 10.2 Å². The van der Waals surface area contributed by atoms with Crippen molar-refractivity contribution >= 4 is 35.5 Å². The van der Waals surface area contributed by atoms with Gasteiger partial charge in [-0.15, -0.1) is 10.2 Å². The molecule has 0 saturated heterocycles. The normalized spacial score (nSPS) is 11.7. The second kappa shape index (κ2) is 10.9. The van der Waals surface area contributed by atoms with Crippen LogP contribution < -0.4 is 5.43 Å². The van der Waals surface area contributed by atoms with E-state index in [9.17, 15) is 4.79 Å². The maximum absolute atomic E-state index is 12.4. The minimum Gasteiger partial charge on any atom is -0.272 e. The fourth-order valence-corrected chi connectivity index (χ4v) is 4.32. The Balaban J connectivity index is 1.53. The van der Waals surface area contributed by atoms with Crippen LogP contribution in [0.15, 0.2) is 89.1 Å². The molecule has 8 heteroatoms. The first-order valence-corrected chi connectivity index (χ1v) is 12.5. The molecule has 1 N–H and O–H groups in total. The van der Waals surface area contributed by atoms with Crippen LogP contribution in [0.2, 0.25) is 5.02 Å². The van der Waals surface area contributed by atoms with Gasteiger partial charge in [0.25, 0.3) is 5.91 Å². The summed E-state index contributed by atoms with van der Waals surface area (Å²) in [5, 5.41) is 14.1. The number of rotatable bonds is 7. The van der Waals surface area contributed by atoms with Gasteiger partial charge in [0.15, 0.2) is 11.0 Å². The summed E-state index contributed by atoms with van der Waals surface area (Å²) < 4.78 is 1.97. The van der Waals surface area contributed by atoms with E-state index in [0.29, 0.717) is 10.2 Å². The number of hydrogen-bond acceptors (Lipinski definition) is 5. The number of thioether (sulfide) groups is 1. The molecular formula is C27H26ClN5OS. The third kappa shape index (κ3) is 6.18. The minimum absolute atomic E-state index is 0.0638. The molecule has 0 aliphatic rings. The van der Waals surface area contributed by atoms with Crippen molar-refractivity contribution < 1.29 is 4.79 Å². The van der Waals surface area contributed by atoms with Gasteiger partial charge >= 0.3 is 0 Å². The van der Waals surface area contributed by atoms with E-state index >= 15 is 0 Å². The first kappa shape index (κ1) is 24.7. The van der Waals surface area contributed by atoms with Gasteiger partial charge in [-0.1, -0.05) is 105 Å². The number of hydrogen-bond donors (Lipinski definition) is 1. The van der Waals surface area contributed by atoms with Gasteiger partial charge in [-0.3, -0.25) is 9.36 Å². The monoisotopic (exact) mass is 503 g/mol. The maximum atomic E-state index is 12.4. The third-order valence-corrected chi connectivity index (χ3v) is 6.56. The summed E-state index contributed by atoms with van der Waals surface area (Å²) in [5.41, 5.74) is 6.46. The molecule has 6 nitrogen and oxygen atoms in total. The lowest BCUT2D eigenvalue weighted by Gasteiger charge is -2.19. The molecule has 0 aliphatic heterocycles. The van der Waals surface area contributed by atoms with Crippen LogP contribution >= 0.6 is 23.4 Å². The summed E-state index contributed by atoms with van der Waals surface area (Å²) in [6, 6.07) is 25.5. The highest BCUT2D eigenvalue weighted by molar-refractivity contribution is 7.99. The summed E-state index contributed by atoms with van der Waals surface area (Å²) in [6.45, 7) is 6.56. The molecular weight excluding hydrogens is 478 g/mol. The molecule has 0 atom stereocenters. The van der Waals surface area contributed by atoms with Crippen molar-refractivity contribution in [3.05, 3.63) is 95.0 Å². The van der Waals surface area contributed by atoms with Crippen molar-refractivity contribution in [3.63, 3.8) is 0 Å². The lowest BCUT2D eigenvalue weighted by atomic mass is 9.87. The number of nitrogens with zero attached hydrogens (tertiary/aromatic N) is 4. The SMILES string of the molecule is CC(C)(C)c1ccc(-c2nnc(SCC(=O)N/N=C\c3ccccc3Cl)n2-c2ccccc2)cc1. The Morgan fingerprint density at radius 1 is 1.00 bits per heavy atom. The quantitative estimate of drug-likeness (QED) is 0.187. The predicted molar refractivity (Wildman–Crippen MR) is 143 cm³/mol. The Hall–Kier alpha value is -3.42. The number of carbonyl (C=O) groups excluding carboxylic acids is 1. The molecule has 35 heavy (non-hydrogen) atoms. The summed E-state index contributed by atoms with van der Waals surface area (Å²) in [7, 11) is 0. The van der Waals surface area contributed by atoms with E-state index in [2.05, 4.69) is 65.8 Å². The van der Waals surface area contributed by atoms with Crippen molar-refractivity contribution in [2.24, 2.45) is 5.10 Å². The van der Waals surface area contributed by atoms with Crippen LogP contribution in [0.25, 0.3) is 17.1 Å². The van der Waals surface area contributed by atoms with Crippen molar-refractivity contribution in [1.29, 1.82) is 0 Å². The van der Waals surface area contributed by atoms with Gasteiger partial charge < -0.3 is 0 Å². The van der Waals surface area contributed by atoms with E-state index < -0.39 is 0 Å². The average molecular weight is 504 g/mol. The minimum atomic E-state index is -0.253. The molecule has 3 aromatic carbocycles. The largest absolute Gasteiger partial charge is 0.272 e. The van der Waals surface area contributed by atoms with Gasteiger partial charge in [-0.05, 0) is 29.2 Å². The Labute approximate surface area is 214 Å². The summed E-state index contributed by atoms with van der Waals surface area (Å²) >= 11 is 7.41. The van der Waals surface area contributed by atoms with Crippen LogP contribution in [0.5, 0.6) is 0 Å². The van der Waals surface area contributed by atoms with Crippen LogP contribution in [0, 0.1) is 0 Å². The molecule has 178 valence electrons. The molecule has 1 heterocycles. The fourth-order valence-electron chi connectivity index (χ4n) is 3.40. The van der Waals surface area contributed by atoms with Gasteiger partial charge in [-0.2, -0.15) is 5.10 Å². The molecule has 4 rings (SSSR count). The zero-order valence-corrected chi connectivity index (χ0v) is 21.3. The first-order valence-electron chi connectivity index (χ1n) is 11.1. The van der Waals surface area contributed by atoms with Gasteiger partial charge in [0.1, 0.15) is 0 Å². The van der Waals surface area contributed by atoms with E-state index in [1.54, 1.807) is 6.07 Å². The number of aromatic nitrogens is 3. The molecule has 0 saturated carbocycles. The molecule has 0 fully saturated rings. The van der Waals surface area contributed by atoms with Crippen molar-refractivity contribution in [2.75, 3.05) is 5.75 Å². The molecule has 0 aliphatic carbocycles. The van der Waals surface area contributed by atoms with Crippen molar-refractivity contribution in [1.82, 2.24) is 20.2 Å². The molecule has 1 aromatic heterocycles. The predicted octanol–water partition coefficient (Wildman–Crippen LogP) is 6.13. The molecule has 4 aromatic rings. The van der Waals surface area contributed by atoms with Crippen LogP contribution in [0.1, 0.15) is 31.9 Å². The topological polar surface area (TPSA) is 72.2 Å². The third-order valence-electron chi connectivity index (χ3n) is 5.29. The Morgan fingerprint density at radius 3 is 2.37 bits per heavy atom. The molecule has 0 spiro atoms. The van der Waals surface area contributed by atoms with Gasteiger partial charge in [0.05, 0.1) is 12.0 Å². The van der Waals surface area contributed by atoms with E-state index in [1.165, 1.54) is 23.5 Å². The number of halogens is 1. The summed E-state index contributed by atoms with van der Waals surface area (Å²) in [5.74, 6) is 0.599. The Bertz CT molecular complexity index is 1330. The lowest BCUT2D eigenvalue weighted by molar-refractivity contribution is -0.118. The number of amides is 1. The van der Waals surface area contributed by atoms with Crippen LogP contribution in [-0.4, -0.2) is 32.6 Å².